The zero-order valence-corrected chi connectivity index (χ0v) is 39.0. The van der Waals surface area contributed by atoms with Gasteiger partial charge in [-0.2, -0.15) is 0 Å². The van der Waals surface area contributed by atoms with Crippen LogP contribution in [0.3, 0.4) is 0 Å². The van der Waals surface area contributed by atoms with Gasteiger partial charge >= 0.3 is 0 Å². The Bertz CT molecular complexity index is 2470. The highest BCUT2D eigenvalue weighted by molar-refractivity contribution is 5.97. The first-order valence-electron chi connectivity index (χ1n) is 23.7. The standard InChI is InChI=1S/C48H64N14O8/c49-42(65)37(23-30-25-55-33-14-7-6-13-32(30)33)60-45(68)36-18-20-53-40(63)17-16-35(57-41(64)22-29-11-4-5-12-29)44(67)62-39(24-31-26-52-27-56-31)47(70)61-38(21-28-9-2-1-3-10-28)46(69)58-34(43(66)59-36)15-8-19-54-48(50)51/h1-3,6-7,9-10,13-14,25-27,29,34-39,55H,4-5,8,11-12,15-24H2,(H2,49,65)(H,52,56)(H,53,63)(H,57,64)(H,58,69)(H,59,66)(H,60,68)(H,61,70)(H,62,67)(H4,50,51,54)/t34-,35?,36-,37-,38+,39-/m0/s1. The summed E-state index contributed by atoms with van der Waals surface area (Å²) in [5.41, 5.74) is 19.6. The summed E-state index contributed by atoms with van der Waals surface area (Å²) in [6, 6.07) is 8.36. The van der Waals surface area contributed by atoms with Gasteiger partial charge in [-0.05, 0) is 61.6 Å². The fourth-order valence-electron chi connectivity index (χ4n) is 8.75. The van der Waals surface area contributed by atoms with Crippen molar-refractivity contribution >= 4 is 64.1 Å². The maximum Gasteiger partial charge on any atom is 0.243 e. The van der Waals surface area contributed by atoms with Crippen molar-refractivity contribution in [2.24, 2.45) is 28.1 Å². The van der Waals surface area contributed by atoms with Crippen LogP contribution >= 0.6 is 0 Å². The number of aromatic nitrogens is 3. The summed E-state index contributed by atoms with van der Waals surface area (Å²) < 4.78 is 0. The number of para-hydroxylation sites is 1. The number of nitrogens with zero attached hydrogens (tertiary/aromatic N) is 2. The summed E-state index contributed by atoms with van der Waals surface area (Å²) in [7, 11) is 0. The molecule has 1 aliphatic heterocycles. The average molecular weight is 965 g/mol. The van der Waals surface area contributed by atoms with Gasteiger partial charge in [0, 0.05) is 74.2 Å². The molecule has 0 bridgehead atoms. The highest BCUT2D eigenvalue weighted by Crippen LogP contribution is 2.27. The summed E-state index contributed by atoms with van der Waals surface area (Å²) in [5, 5.41) is 20.0. The lowest BCUT2D eigenvalue weighted by molar-refractivity contribution is -0.135. The van der Waals surface area contributed by atoms with E-state index in [1.807, 2.05) is 24.3 Å². The number of H-pyrrole nitrogens is 2. The van der Waals surface area contributed by atoms with Crippen LogP contribution in [0.15, 0.2) is 78.3 Å². The summed E-state index contributed by atoms with van der Waals surface area (Å²) >= 11 is 0. The SMILES string of the molecule is NC(=O)[C@H](Cc1c[nH]c2ccccc12)NC(=O)[C@@H]1CCNC(=O)CCC(NC(=O)CC2CCCC2)C(=O)N[C@@H](Cc2cnc[nH]2)C(=O)N[C@H](Cc2ccccc2)C(=O)N[C@@H](CCCN=C(N)N)C(=O)N1. The minimum absolute atomic E-state index is 0.00910. The molecule has 2 aliphatic rings. The normalized spacial score (nSPS) is 21.6. The number of aliphatic imine (C=N–C) groups is 1. The molecule has 1 unspecified atom stereocenters. The largest absolute Gasteiger partial charge is 0.370 e. The van der Waals surface area contributed by atoms with E-state index in [2.05, 4.69) is 57.2 Å². The van der Waals surface area contributed by atoms with Gasteiger partial charge in [0.25, 0.3) is 0 Å². The van der Waals surface area contributed by atoms with E-state index in [4.69, 9.17) is 17.2 Å². The van der Waals surface area contributed by atoms with Crippen LogP contribution in [0, 0.1) is 5.92 Å². The molecule has 15 N–H and O–H groups in total. The van der Waals surface area contributed by atoms with E-state index in [0.29, 0.717) is 16.8 Å². The van der Waals surface area contributed by atoms with Gasteiger partial charge in [0.1, 0.15) is 36.3 Å². The van der Waals surface area contributed by atoms with E-state index < -0.39 is 77.6 Å². The first kappa shape index (κ1) is 51.6. The van der Waals surface area contributed by atoms with Gasteiger partial charge < -0.3 is 64.4 Å². The van der Waals surface area contributed by atoms with E-state index in [9.17, 15) is 38.4 Å². The lowest BCUT2D eigenvalue weighted by Gasteiger charge is -2.27. The number of nitrogens with two attached hydrogens (primary N) is 3. The number of rotatable bonds is 16. The number of carbonyl (C=O) groups excluding carboxylic acids is 8. The molecule has 0 spiro atoms. The maximum absolute atomic E-state index is 14.5. The van der Waals surface area contributed by atoms with Crippen LogP contribution in [0.4, 0.5) is 0 Å². The molecule has 1 saturated carbocycles. The maximum atomic E-state index is 14.5. The number of guanidine groups is 1. The molecule has 6 atom stereocenters. The monoisotopic (exact) mass is 965 g/mol. The topological polar surface area (TPSA) is 356 Å². The van der Waals surface area contributed by atoms with Gasteiger partial charge in [0.15, 0.2) is 5.96 Å². The molecule has 0 radical (unpaired) electrons. The molecule has 22 nitrogen and oxygen atoms in total. The predicted molar refractivity (Wildman–Crippen MR) is 259 cm³/mol. The fraction of sp³-hybridized carbons (Fsp3) is 0.458. The third-order valence-corrected chi connectivity index (χ3v) is 12.5. The van der Waals surface area contributed by atoms with Crippen LogP contribution in [0.25, 0.3) is 10.9 Å². The number of primary amides is 1. The Morgan fingerprint density at radius 2 is 1.46 bits per heavy atom. The molecule has 4 aromatic rings. The van der Waals surface area contributed by atoms with Gasteiger partial charge in [-0.3, -0.25) is 43.3 Å². The van der Waals surface area contributed by atoms with Gasteiger partial charge in [-0.25, -0.2) is 4.98 Å². The Labute approximate surface area is 404 Å². The van der Waals surface area contributed by atoms with Gasteiger partial charge in [-0.15, -0.1) is 0 Å². The summed E-state index contributed by atoms with van der Waals surface area (Å²) in [6.45, 7) is -0.0929. The number of benzene rings is 2. The number of carbonyl (C=O) groups is 8. The van der Waals surface area contributed by atoms with Crippen LogP contribution in [0.2, 0.25) is 0 Å². The molecule has 2 aromatic heterocycles. The molecule has 2 aromatic carbocycles. The summed E-state index contributed by atoms with van der Waals surface area (Å²) in [4.78, 5) is 126. The second kappa shape index (κ2) is 25.5. The van der Waals surface area contributed by atoms with Crippen molar-refractivity contribution in [2.45, 2.75) is 120 Å². The van der Waals surface area contributed by atoms with Crippen molar-refractivity contribution in [1.29, 1.82) is 0 Å². The molecular formula is C48H64N14O8. The lowest BCUT2D eigenvalue weighted by Crippen LogP contribution is -2.60. The molecule has 2 fully saturated rings. The van der Waals surface area contributed by atoms with Gasteiger partial charge in [-0.1, -0.05) is 61.4 Å². The van der Waals surface area contributed by atoms with E-state index in [0.717, 1.165) is 36.6 Å². The van der Waals surface area contributed by atoms with Crippen LogP contribution in [-0.4, -0.2) is 118 Å². The molecule has 8 amide bonds. The van der Waals surface area contributed by atoms with Crippen LogP contribution < -0.4 is 54.4 Å². The second-order valence-corrected chi connectivity index (χ2v) is 17.8. The highest BCUT2D eigenvalue weighted by Gasteiger charge is 2.35. The minimum Gasteiger partial charge on any atom is -0.370 e. The van der Waals surface area contributed by atoms with Crippen LogP contribution in [0.1, 0.15) is 81.0 Å². The number of hydrogen-bond acceptors (Lipinski definition) is 10. The lowest BCUT2D eigenvalue weighted by atomic mass is 10.0. The Morgan fingerprint density at radius 3 is 2.17 bits per heavy atom. The van der Waals surface area contributed by atoms with Crippen molar-refractivity contribution < 1.29 is 38.4 Å². The van der Waals surface area contributed by atoms with E-state index in [-0.39, 0.29) is 88.7 Å². The quantitative estimate of drug-likeness (QED) is 0.0377. The van der Waals surface area contributed by atoms with Crippen LogP contribution in [0.5, 0.6) is 0 Å². The predicted octanol–water partition coefficient (Wildman–Crippen LogP) is -0.753. The molecule has 1 saturated heterocycles. The van der Waals surface area contributed by atoms with E-state index >= 15 is 0 Å². The average Bonchev–Trinajstić information content (AvgIpc) is 4.14. The number of amides is 8. The summed E-state index contributed by atoms with van der Waals surface area (Å²) in [5.74, 6) is -5.69. The molecule has 3 heterocycles. The fourth-order valence-corrected chi connectivity index (χ4v) is 8.75. The molecular weight excluding hydrogens is 901 g/mol. The van der Waals surface area contributed by atoms with Crippen molar-refractivity contribution in [1.82, 2.24) is 52.2 Å². The number of fused-ring (bicyclic) bond motifs is 1. The second-order valence-electron chi connectivity index (χ2n) is 17.8. The first-order valence-corrected chi connectivity index (χ1v) is 23.7. The number of nitrogens with one attached hydrogen (secondary N) is 9. The zero-order chi connectivity index (χ0) is 50.0. The first-order chi connectivity index (χ1) is 33.7. The smallest absolute Gasteiger partial charge is 0.243 e. The molecule has 1 aliphatic carbocycles. The molecule has 374 valence electrons. The van der Waals surface area contributed by atoms with Gasteiger partial charge in [0.05, 0.1) is 6.33 Å². The van der Waals surface area contributed by atoms with E-state index in [1.165, 1.54) is 12.5 Å². The van der Waals surface area contributed by atoms with E-state index in [1.54, 1.807) is 36.5 Å². The number of aromatic amines is 2. The molecule has 22 heteroatoms. The number of imidazole rings is 1. The van der Waals surface area contributed by atoms with Crippen LogP contribution in [-0.2, 0) is 57.6 Å². The zero-order valence-electron chi connectivity index (χ0n) is 39.0. The van der Waals surface area contributed by atoms with Crippen molar-refractivity contribution in [2.75, 3.05) is 13.1 Å². The molecule has 70 heavy (non-hydrogen) atoms. The Balaban J connectivity index is 1.32. The Morgan fingerprint density at radius 1 is 0.771 bits per heavy atom. The Kier molecular flexibility index (Phi) is 18.8. The molecule has 6 rings (SSSR count). The Hall–Kier alpha value is -7.78. The third-order valence-electron chi connectivity index (χ3n) is 12.5. The minimum atomic E-state index is -1.40. The third kappa shape index (κ3) is 15.6. The summed E-state index contributed by atoms with van der Waals surface area (Å²) in [6.07, 6.45) is 7.92. The van der Waals surface area contributed by atoms with Crippen molar-refractivity contribution in [3.63, 3.8) is 0 Å². The highest BCUT2D eigenvalue weighted by atomic mass is 16.2. The van der Waals surface area contributed by atoms with Gasteiger partial charge in [0.2, 0.25) is 47.3 Å². The van der Waals surface area contributed by atoms with Crippen molar-refractivity contribution in [3.05, 3.63) is 90.1 Å². The number of hydrogen-bond donors (Lipinski definition) is 12. The van der Waals surface area contributed by atoms with Crippen molar-refractivity contribution in [3.8, 4) is 0 Å².